The van der Waals surface area contributed by atoms with Crippen LogP contribution in [0.5, 0.6) is 11.5 Å². The standard InChI is InChI=1S/C31H43N3O3/c1-8-11-17-36-28-21-29(37-18-12-9-2)26(20-25(28)22(4)5)31(32-6)34(30(35)10-3)24-13-14-27-23(19-24)15-16-33(27)7/h10,13-16,19-22,35H,8-9,11-12,17-18H2,1-7H3/b30-10-,32-31?. The largest absolute Gasteiger partial charge is 0.494 e. The number of anilines is 1. The van der Waals surface area contributed by atoms with E-state index in [-0.39, 0.29) is 11.8 Å². The van der Waals surface area contributed by atoms with Gasteiger partial charge in [-0.25, -0.2) is 0 Å². The molecular weight excluding hydrogens is 462 g/mol. The maximum absolute atomic E-state index is 11.1. The predicted molar refractivity (Wildman–Crippen MR) is 156 cm³/mol. The molecule has 0 saturated heterocycles. The molecular formula is C31H43N3O3. The van der Waals surface area contributed by atoms with E-state index in [2.05, 4.69) is 56.5 Å². The van der Waals surface area contributed by atoms with Gasteiger partial charge in [-0.05, 0) is 67.7 Å². The zero-order valence-electron chi connectivity index (χ0n) is 23.5. The first-order valence-electron chi connectivity index (χ1n) is 13.5. The van der Waals surface area contributed by atoms with Crippen LogP contribution in [0.2, 0.25) is 0 Å². The van der Waals surface area contributed by atoms with E-state index in [1.165, 1.54) is 0 Å². The van der Waals surface area contributed by atoms with Crippen molar-refractivity contribution in [2.45, 2.75) is 66.2 Å². The van der Waals surface area contributed by atoms with Crippen molar-refractivity contribution < 1.29 is 14.6 Å². The normalized spacial score (nSPS) is 12.4. The van der Waals surface area contributed by atoms with E-state index in [0.29, 0.717) is 24.8 Å². The highest BCUT2D eigenvalue weighted by Crippen LogP contribution is 2.37. The minimum absolute atomic E-state index is 0.102. The number of allylic oxidation sites excluding steroid dienone is 1. The Morgan fingerprint density at radius 2 is 1.70 bits per heavy atom. The van der Waals surface area contributed by atoms with Crippen LogP contribution in [0.3, 0.4) is 0 Å². The highest BCUT2D eigenvalue weighted by atomic mass is 16.5. The smallest absolute Gasteiger partial charge is 0.192 e. The number of rotatable bonds is 12. The van der Waals surface area contributed by atoms with Crippen molar-refractivity contribution >= 4 is 22.4 Å². The maximum Gasteiger partial charge on any atom is 0.192 e. The summed E-state index contributed by atoms with van der Waals surface area (Å²) in [7, 11) is 3.78. The Kier molecular flexibility index (Phi) is 10.1. The monoisotopic (exact) mass is 505 g/mol. The number of ether oxygens (including phenoxy) is 2. The average Bonchev–Trinajstić information content (AvgIpc) is 3.27. The second kappa shape index (κ2) is 13.2. The van der Waals surface area contributed by atoms with Crippen LogP contribution in [-0.2, 0) is 7.05 Å². The van der Waals surface area contributed by atoms with Crippen molar-refractivity contribution in [2.75, 3.05) is 25.2 Å². The molecule has 0 saturated carbocycles. The number of hydrogen-bond acceptors (Lipinski definition) is 4. The molecule has 0 aliphatic carbocycles. The summed E-state index contributed by atoms with van der Waals surface area (Å²) in [6.45, 7) is 11.7. The summed E-state index contributed by atoms with van der Waals surface area (Å²) in [5.41, 5.74) is 3.86. The molecule has 0 atom stereocenters. The van der Waals surface area contributed by atoms with Crippen molar-refractivity contribution in [3.8, 4) is 11.5 Å². The van der Waals surface area contributed by atoms with Crippen molar-refractivity contribution in [3.63, 3.8) is 0 Å². The fraction of sp³-hybridized carbons (Fsp3) is 0.452. The fourth-order valence-corrected chi connectivity index (χ4v) is 4.34. The molecule has 6 heteroatoms. The molecule has 0 unspecified atom stereocenters. The number of hydrogen-bond donors (Lipinski definition) is 1. The van der Waals surface area contributed by atoms with Gasteiger partial charge in [0.05, 0.1) is 24.5 Å². The molecule has 37 heavy (non-hydrogen) atoms. The molecule has 0 amide bonds. The molecule has 1 aromatic heterocycles. The molecule has 0 aliphatic heterocycles. The molecule has 3 rings (SSSR count). The SMILES string of the molecule is C/C=C(\O)N(C(=NC)c1cc(C(C)C)c(OCCCC)cc1OCCCC)c1ccc2c(ccn2C)c1. The Morgan fingerprint density at radius 1 is 1.03 bits per heavy atom. The molecule has 0 aliphatic rings. The summed E-state index contributed by atoms with van der Waals surface area (Å²) in [6, 6.07) is 12.3. The van der Waals surface area contributed by atoms with Gasteiger partial charge in [-0.3, -0.25) is 9.89 Å². The Labute approximate surface area is 222 Å². The Morgan fingerprint density at radius 3 is 2.30 bits per heavy atom. The lowest BCUT2D eigenvalue weighted by Gasteiger charge is -2.28. The third-order valence-electron chi connectivity index (χ3n) is 6.52. The number of aliphatic hydroxyl groups is 1. The number of aromatic nitrogens is 1. The van der Waals surface area contributed by atoms with Crippen LogP contribution >= 0.6 is 0 Å². The number of aliphatic imine (C=N–C) groups is 1. The summed E-state index contributed by atoms with van der Waals surface area (Å²) in [5.74, 6) is 2.51. The summed E-state index contributed by atoms with van der Waals surface area (Å²) < 4.78 is 14.6. The molecule has 6 nitrogen and oxygen atoms in total. The highest BCUT2D eigenvalue weighted by Gasteiger charge is 2.25. The van der Waals surface area contributed by atoms with Gasteiger partial charge < -0.3 is 19.1 Å². The van der Waals surface area contributed by atoms with Crippen LogP contribution in [0.15, 0.2) is 59.5 Å². The van der Waals surface area contributed by atoms with Gasteiger partial charge in [-0.1, -0.05) is 40.5 Å². The van der Waals surface area contributed by atoms with Crippen molar-refractivity contribution in [3.05, 3.63) is 65.7 Å². The summed E-state index contributed by atoms with van der Waals surface area (Å²) in [6.07, 6.45) is 7.78. The van der Waals surface area contributed by atoms with Gasteiger partial charge >= 0.3 is 0 Å². The van der Waals surface area contributed by atoms with Crippen molar-refractivity contribution in [2.24, 2.45) is 12.0 Å². The first-order chi connectivity index (χ1) is 17.9. The Hall–Kier alpha value is -3.41. The molecule has 3 aromatic rings. The van der Waals surface area contributed by atoms with Crippen molar-refractivity contribution in [1.29, 1.82) is 0 Å². The summed E-state index contributed by atoms with van der Waals surface area (Å²) >= 11 is 0. The summed E-state index contributed by atoms with van der Waals surface area (Å²) in [4.78, 5) is 6.49. The Bertz CT molecular complexity index is 1240. The summed E-state index contributed by atoms with van der Waals surface area (Å²) in [5, 5.41) is 12.2. The van der Waals surface area contributed by atoms with Gasteiger partial charge in [-0.2, -0.15) is 0 Å². The van der Waals surface area contributed by atoms with Gasteiger partial charge in [0.2, 0.25) is 0 Å². The zero-order valence-corrected chi connectivity index (χ0v) is 23.5. The lowest BCUT2D eigenvalue weighted by molar-refractivity contribution is 0.291. The van der Waals surface area contributed by atoms with E-state index in [0.717, 1.165) is 59.2 Å². The number of aryl methyl sites for hydroxylation is 1. The molecule has 0 spiro atoms. The van der Waals surface area contributed by atoms with Crippen LogP contribution in [-0.4, -0.2) is 35.8 Å². The molecule has 200 valence electrons. The molecule has 2 aromatic carbocycles. The van der Waals surface area contributed by atoms with Gasteiger partial charge in [0, 0.05) is 37.3 Å². The molecule has 1 N–H and O–H groups in total. The number of fused-ring (bicyclic) bond motifs is 1. The minimum Gasteiger partial charge on any atom is -0.494 e. The van der Waals surface area contributed by atoms with Crippen LogP contribution in [0.25, 0.3) is 10.9 Å². The van der Waals surface area contributed by atoms with Gasteiger partial charge in [-0.15, -0.1) is 0 Å². The third-order valence-corrected chi connectivity index (χ3v) is 6.52. The number of amidine groups is 1. The second-order valence-corrected chi connectivity index (χ2v) is 9.64. The quantitative estimate of drug-likeness (QED) is 0.117. The lowest BCUT2D eigenvalue weighted by atomic mass is 9.97. The first-order valence-corrected chi connectivity index (χ1v) is 13.5. The van der Waals surface area contributed by atoms with Gasteiger partial charge in [0.15, 0.2) is 5.88 Å². The molecule has 0 bridgehead atoms. The van der Waals surface area contributed by atoms with E-state index in [1.807, 2.05) is 32.3 Å². The Balaban J connectivity index is 2.18. The molecule has 0 radical (unpaired) electrons. The number of unbranched alkanes of at least 4 members (excludes halogenated alkanes) is 2. The number of aliphatic hydroxyl groups excluding tert-OH is 1. The lowest BCUT2D eigenvalue weighted by Crippen LogP contribution is -2.31. The first kappa shape index (κ1) is 28.2. The molecule has 0 fully saturated rings. The van der Waals surface area contributed by atoms with E-state index in [4.69, 9.17) is 14.5 Å². The van der Waals surface area contributed by atoms with Crippen LogP contribution in [0, 0.1) is 0 Å². The van der Waals surface area contributed by atoms with E-state index >= 15 is 0 Å². The number of nitrogens with zero attached hydrogens (tertiary/aromatic N) is 3. The predicted octanol–water partition coefficient (Wildman–Crippen LogP) is 7.96. The van der Waals surface area contributed by atoms with Crippen LogP contribution in [0.1, 0.15) is 77.3 Å². The topological polar surface area (TPSA) is 59.2 Å². The van der Waals surface area contributed by atoms with E-state index in [1.54, 1.807) is 18.0 Å². The van der Waals surface area contributed by atoms with Gasteiger partial charge in [0.25, 0.3) is 0 Å². The number of benzene rings is 2. The zero-order chi connectivity index (χ0) is 26.9. The average molecular weight is 506 g/mol. The van der Waals surface area contributed by atoms with Crippen molar-refractivity contribution in [1.82, 2.24) is 4.57 Å². The third kappa shape index (κ3) is 6.48. The maximum atomic E-state index is 11.1. The van der Waals surface area contributed by atoms with E-state index in [9.17, 15) is 5.11 Å². The highest BCUT2D eigenvalue weighted by molar-refractivity contribution is 6.13. The van der Waals surface area contributed by atoms with Gasteiger partial charge in [0.1, 0.15) is 17.3 Å². The van der Waals surface area contributed by atoms with E-state index < -0.39 is 0 Å². The van der Waals surface area contributed by atoms with Crippen LogP contribution < -0.4 is 14.4 Å². The fourth-order valence-electron chi connectivity index (χ4n) is 4.34. The van der Waals surface area contributed by atoms with Crippen LogP contribution in [0.4, 0.5) is 5.69 Å². The minimum atomic E-state index is 0.102. The second-order valence-electron chi connectivity index (χ2n) is 9.64. The molecule has 1 heterocycles.